The highest BCUT2D eigenvalue weighted by Crippen LogP contribution is 2.20. The molecule has 3 N–H and O–H groups in total. The summed E-state index contributed by atoms with van der Waals surface area (Å²) in [6, 6.07) is 6.98. The SMILES string of the molecule is CC1(NS(=O)(=O)Cc2cccc(C(N)=S)c2)CCCOC1. The summed E-state index contributed by atoms with van der Waals surface area (Å²) in [5.74, 6) is -0.0982. The summed E-state index contributed by atoms with van der Waals surface area (Å²) in [6.07, 6.45) is 1.63. The van der Waals surface area contributed by atoms with Crippen molar-refractivity contribution in [3.8, 4) is 0 Å². The molecule has 1 fully saturated rings. The van der Waals surface area contributed by atoms with E-state index in [0.29, 0.717) is 24.3 Å². The van der Waals surface area contributed by atoms with E-state index in [1.165, 1.54) is 0 Å². The Balaban J connectivity index is 2.10. The molecule has 0 spiro atoms. The zero-order valence-corrected chi connectivity index (χ0v) is 13.6. The smallest absolute Gasteiger partial charge is 0.216 e. The van der Waals surface area contributed by atoms with E-state index in [-0.39, 0.29) is 10.7 Å². The fourth-order valence-corrected chi connectivity index (χ4v) is 4.19. The fraction of sp³-hybridized carbons (Fsp3) is 0.500. The Hall–Kier alpha value is -1.02. The zero-order chi connectivity index (χ0) is 15.5. The first-order valence-corrected chi connectivity index (χ1v) is 8.84. The predicted octanol–water partition coefficient (Wildman–Crippen LogP) is 1.31. The standard InChI is InChI=1S/C14H20N2O3S2/c1-14(6-3-7-19-10-14)16-21(17,18)9-11-4-2-5-12(8-11)13(15)20/h2,4-5,8,16H,3,6-7,9-10H2,1H3,(H2,15,20). The van der Waals surface area contributed by atoms with Gasteiger partial charge in [-0.15, -0.1) is 0 Å². The summed E-state index contributed by atoms with van der Waals surface area (Å²) in [7, 11) is -3.45. The molecule has 1 heterocycles. The number of thiocarbonyl (C=S) groups is 1. The van der Waals surface area contributed by atoms with Crippen LogP contribution in [0.2, 0.25) is 0 Å². The molecule has 2 rings (SSSR count). The number of nitrogens with two attached hydrogens (primary N) is 1. The molecule has 5 nitrogen and oxygen atoms in total. The van der Waals surface area contributed by atoms with Crippen LogP contribution in [0.1, 0.15) is 30.9 Å². The largest absolute Gasteiger partial charge is 0.389 e. The van der Waals surface area contributed by atoms with Crippen LogP contribution in [0, 0.1) is 0 Å². The van der Waals surface area contributed by atoms with Gasteiger partial charge in [-0.3, -0.25) is 0 Å². The molecule has 1 atom stereocenters. The molecule has 1 aromatic carbocycles. The van der Waals surface area contributed by atoms with Crippen molar-refractivity contribution in [2.24, 2.45) is 5.73 Å². The van der Waals surface area contributed by atoms with Crippen molar-refractivity contribution in [1.82, 2.24) is 4.72 Å². The van der Waals surface area contributed by atoms with Crippen LogP contribution in [0.4, 0.5) is 0 Å². The molecule has 21 heavy (non-hydrogen) atoms. The highest BCUT2D eigenvalue weighted by molar-refractivity contribution is 7.88. The zero-order valence-electron chi connectivity index (χ0n) is 12.0. The maximum absolute atomic E-state index is 12.3. The minimum absolute atomic E-state index is 0.0982. The monoisotopic (exact) mass is 328 g/mol. The van der Waals surface area contributed by atoms with Crippen LogP contribution < -0.4 is 10.5 Å². The summed E-state index contributed by atoms with van der Waals surface area (Å²) in [6.45, 7) is 2.96. The summed E-state index contributed by atoms with van der Waals surface area (Å²) < 4.78 is 32.8. The molecule has 7 heteroatoms. The maximum Gasteiger partial charge on any atom is 0.216 e. The molecule has 1 unspecified atom stereocenters. The Bertz CT molecular complexity index is 623. The molecule has 0 bridgehead atoms. The molecule has 1 aliphatic rings. The number of hydrogen-bond donors (Lipinski definition) is 2. The highest BCUT2D eigenvalue weighted by Gasteiger charge is 2.32. The second-order valence-electron chi connectivity index (χ2n) is 5.64. The topological polar surface area (TPSA) is 81.4 Å². The third kappa shape index (κ3) is 4.74. The molecule has 1 saturated heterocycles. The average Bonchev–Trinajstić information content (AvgIpc) is 2.37. The van der Waals surface area contributed by atoms with Gasteiger partial charge in [0, 0.05) is 12.2 Å². The minimum Gasteiger partial charge on any atom is -0.389 e. The molecule has 0 aromatic heterocycles. The third-order valence-corrected chi connectivity index (χ3v) is 5.16. The van der Waals surface area contributed by atoms with Gasteiger partial charge in [-0.1, -0.05) is 30.4 Å². The van der Waals surface area contributed by atoms with Gasteiger partial charge in [-0.2, -0.15) is 0 Å². The van der Waals surface area contributed by atoms with E-state index in [4.69, 9.17) is 22.7 Å². The Kier molecular flexibility index (Phi) is 4.98. The number of nitrogens with one attached hydrogen (secondary N) is 1. The first kappa shape index (κ1) is 16.4. The Labute approximate surface area is 130 Å². The van der Waals surface area contributed by atoms with Crippen molar-refractivity contribution in [3.63, 3.8) is 0 Å². The molecule has 0 amide bonds. The van der Waals surface area contributed by atoms with Crippen molar-refractivity contribution in [2.75, 3.05) is 13.2 Å². The van der Waals surface area contributed by atoms with Gasteiger partial charge < -0.3 is 10.5 Å². The molecule has 1 aromatic rings. The van der Waals surface area contributed by atoms with Crippen LogP contribution in [-0.2, 0) is 20.5 Å². The lowest BCUT2D eigenvalue weighted by Crippen LogP contribution is -2.51. The second kappa shape index (κ2) is 6.39. The summed E-state index contributed by atoms with van der Waals surface area (Å²) in [5.41, 5.74) is 6.37. The van der Waals surface area contributed by atoms with E-state index in [1.807, 2.05) is 6.92 Å². The van der Waals surface area contributed by atoms with Crippen LogP contribution >= 0.6 is 12.2 Å². The van der Waals surface area contributed by atoms with E-state index in [0.717, 1.165) is 12.8 Å². The number of ether oxygens (including phenoxy) is 1. The predicted molar refractivity (Wildman–Crippen MR) is 86.5 cm³/mol. The van der Waals surface area contributed by atoms with Gasteiger partial charge in [0.15, 0.2) is 0 Å². The first-order valence-electron chi connectivity index (χ1n) is 6.78. The van der Waals surface area contributed by atoms with Crippen LogP contribution in [0.3, 0.4) is 0 Å². The number of sulfonamides is 1. The lowest BCUT2D eigenvalue weighted by molar-refractivity contribution is 0.0386. The van der Waals surface area contributed by atoms with Crippen LogP contribution in [-0.4, -0.2) is 32.2 Å². The summed E-state index contributed by atoms with van der Waals surface area (Å²) in [5, 5.41) is 0. The van der Waals surface area contributed by atoms with Gasteiger partial charge in [0.05, 0.1) is 17.9 Å². The number of hydrogen-bond acceptors (Lipinski definition) is 4. The number of benzene rings is 1. The third-order valence-electron chi connectivity index (χ3n) is 3.41. The van der Waals surface area contributed by atoms with Gasteiger partial charge in [0.1, 0.15) is 4.99 Å². The van der Waals surface area contributed by atoms with Gasteiger partial charge in [0.25, 0.3) is 0 Å². The first-order chi connectivity index (χ1) is 9.80. The van der Waals surface area contributed by atoms with E-state index in [1.54, 1.807) is 24.3 Å². The molecular formula is C14H20N2O3S2. The quantitative estimate of drug-likeness (QED) is 0.797. The van der Waals surface area contributed by atoms with Crippen LogP contribution in [0.15, 0.2) is 24.3 Å². The minimum atomic E-state index is -3.45. The van der Waals surface area contributed by atoms with Crippen molar-refractivity contribution < 1.29 is 13.2 Å². The summed E-state index contributed by atoms with van der Waals surface area (Å²) in [4.78, 5) is 0.259. The second-order valence-corrected chi connectivity index (χ2v) is 7.80. The highest BCUT2D eigenvalue weighted by atomic mass is 32.2. The van der Waals surface area contributed by atoms with Gasteiger partial charge in [-0.25, -0.2) is 13.1 Å². The van der Waals surface area contributed by atoms with Gasteiger partial charge >= 0.3 is 0 Å². The van der Waals surface area contributed by atoms with E-state index < -0.39 is 15.6 Å². The normalized spacial score (nSPS) is 22.9. The van der Waals surface area contributed by atoms with Crippen LogP contribution in [0.25, 0.3) is 0 Å². The number of rotatable bonds is 5. The molecule has 116 valence electrons. The van der Waals surface area contributed by atoms with Crippen molar-refractivity contribution in [2.45, 2.75) is 31.1 Å². The van der Waals surface area contributed by atoms with Crippen molar-refractivity contribution in [1.29, 1.82) is 0 Å². The fourth-order valence-electron chi connectivity index (χ4n) is 2.46. The Morgan fingerprint density at radius 1 is 1.52 bits per heavy atom. The molecule has 0 aliphatic carbocycles. The maximum atomic E-state index is 12.3. The Morgan fingerprint density at radius 3 is 2.90 bits per heavy atom. The Morgan fingerprint density at radius 2 is 2.29 bits per heavy atom. The summed E-state index contributed by atoms with van der Waals surface area (Å²) >= 11 is 4.91. The van der Waals surface area contributed by atoms with Crippen LogP contribution in [0.5, 0.6) is 0 Å². The van der Waals surface area contributed by atoms with Crippen molar-refractivity contribution in [3.05, 3.63) is 35.4 Å². The molecule has 0 radical (unpaired) electrons. The van der Waals surface area contributed by atoms with E-state index >= 15 is 0 Å². The van der Waals surface area contributed by atoms with E-state index in [9.17, 15) is 8.42 Å². The van der Waals surface area contributed by atoms with Gasteiger partial charge in [-0.05, 0) is 31.4 Å². The lowest BCUT2D eigenvalue weighted by Gasteiger charge is -2.33. The lowest BCUT2D eigenvalue weighted by atomic mass is 9.97. The average molecular weight is 328 g/mol. The molecule has 1 aliphatic heterocycles. The van der Waals surface area contributed by atoms with Crippen molar-refractivity contribution >= 4 is 27.2 Å². The van der Waals surface area contributed by atoms with E-state index in [2.05, 4.69) is 4.72 Å². The van der Waals surface area contributed by atoms with Gasteiger partial charge in [0.2, 0.25) is 10.0 Å². The molecular weight excluding hydrogens is 308 g/mol. The molecule has 0 saturated carbocycles.